The second-order valence-corrected chi connectivity index (χ2v) is 5.78. The van der Waals surface area contributed by atoms with Gasteiger partial charge >= 0.3 is 11.7 Å². The monoisotopic (exact) mass is 386 g/mol. The highest BCUT2D eigenvalue weighted by atomic mass is 15.1. The summed E-state index contributed by atoms with van der Waals surface area (Å²) in [5.41, 5.74) is -0.683. The summed E-state index contributed by atoms with van der Waals surface area (Å²) in [7, 11) is 0. The highest BCUT2D eigenvalue weighted by Crippen LogP contribution is 2.47. The summed E-state index contributed by atoms with van der Waals surface area (Å²) in [4.78, 5) is 31.6. The van der Waals surface area contributed by atoms with Crippen molar-refractivity contribution in [2.24, 2.45) is 9.98 Å². The third-order valence-corrected chi connectivity index (χ3v) is 4.29. The fraction of sp³-hybridized carbons (Fsp3) is 0.111. The molecule has 2 aliphatic rings. The van der Waals surface area contributed by atoms with Crippen molar-refractivity contribution in [3.8, 4) is 35.7 Å². The summed E-state index contributed by atoms with van der Waals surface area (Å²) in [5.74, 6) is -0.513. The van der Waals surface area contributed by atoms with E-state index in [0.29, 0.717) is 0 Å². The Morgan fingerprint density at radius 1 is 0.667 bits per heavy atom. The third kappa shape index (κ3) is 2.34. The fourth-order valence-corrected chi connectivity index (χ4v) is 3.07. The van der Waals surface area contributed by atoms with E-state index < -0.39 is 12.1 Å². The highest BCUT2D eigenvalue weighted by Gasteiger charge is 2.47. The summed E-state index contributed by atoms with van der Waals surface area (Å²) in [6.45, 7) is 14.5. The number of hydrogen-bond acceptors (Lipinski definition) is 10. The Morgan fingerprint density at radius 2 is 1.23 bits per heavy atom. The molecular formula is C18H2N12. The molecule has 0 amide bonds. The van der Waals surface area contributed by atoms with E-state index in [-0.39, 0.29) is 57.2 Å². The predicted molar refractivity (Wildman–Crippen MR) is 96.0 cm³/mol. The van der Waals surface area contributed by atoms with Gasteiger partial charge < -0.3 is 9.69 Å². The van der Waals surface area contributed by atoms with E-state index in [9.17, 15) is 21.0 Å². The maximum Gasteiger partial charge on any atom is 0.306 e. The minimum atomic E-state index is -0.971. The van der Waals surface area contributed by atoms with E-state index in [1.165, 1.54) is 0 Å². The number of nitriles is 4. The molecule has 1 aliphatic carbocycles. The van der Waals surface area contributed by atoms with Crippen LogP contribution in [0.4, 0.5) is 5.82 Å². The molecule has 12 heteroatoms. The molecule has 1 aliphatic heterocycles. The van der Waals surface area contributed by atoms with E-state index >= 15 is 0 Å². The van der Waals surface area contributed by atoms with E-state index in [2.05, 4.69) is 39.6 Å². The van der Waals surface area contributed by atoms with E-state index in [1.54, 1.807) is 24.3 Å². The number of rotatable bonds is 0. The number of fused-ring (bicyclic) bond motifs is 6. The van der Waals surface area contributed by atoms with Crippen molar-refractivity contribution in [3.63, 3.8) is 0 Å². The van der Waals surface area contributed by atoms with Gasteiger partial charge in [0.15, 0.2) is 22.8 Å². The average molecular weight is 386 g/mol. The molecule has 0 radical (unpaired) electrons. The number of aliphatic imine (C=N–C) groups is 2. The molecule has 0 bridgehead atoms. The second kappa shape index (κ2) is 6.55. The minimum absolute atomic E-state index is 0.0461. The van der Waals surface area contributed by atoms with Crippen molar-refractivity contribution in [1.82, 2.24) is 19.9 Å². The van der Waals surface area contributed by atoms with Gasteiger partial charge in [0, 0.05) is 0 Å². The van der Waals surface area contributed by atoms with Gasteiger partial charge in [-0.15, -0.1) is 9.98 Å². The van der Waals surface area contributed by atoms with Gasteiger partial charge in [-0.1, -0.05) is 13.1 Å². The van der Waals surface area contributed by atoms with Crippen LogP contribution in [0.3, 0.4) is 0 Å². The summed E-state index contributed by atoms with van der Waals surface area (Å²) in [6, 6.07) is 5.19. The molecule has 0 fully saturated rings. The van der Waals surface area contributed by atoms with Crippen molar-refractivity contribution >= 4 is 17.4 Å². The Morgan fingerprint density at radius 3 is 1.80 bits per heavy atom. The summed E-state index contributed by atoms with van der Waals surface area (Å²) in [6.07, 6.45) is 0. The van der Waals surface area contributed by atoms with E-state index in [4.69, 9.17) is 13.1 Å². The molecule has 2 aromatic heterocycles. The maximum absolute atomic E-state index is 9.32. The van der Waals surface area contributed by atoms with Crippen molar-refractivity contribution in [2.45, 2.75) is 12.1 Å². The molecule has 12 nitrogen and oxygen atoms in total. The topological polar surface area (TPSA) is 180 Å². The normalized spacial score (nSPS) is 17.5. The lowest BCUT2D eigenvalue weighted by molar-refractivity contribution is 0.536. The van der Waals surface area contributed by atoms with Gasteiger partial charge in [-0.05, 0) is 0 Å². The Labute approximate surface area is 168 Å². The predicted octanol–water partition coefficient (Wildman–Crippen LogP) is 1.49. The van der Waals surface area contributed by atoms with Crippen LogP contribution in [0.5, 0.6) is 0 Å². The molecule has 0 saturated carbocycles. The van der Waals surface area contributed by atoms with Crippen LogP contribution >= 0.6 is 0 Å². The maximum atomic E-state index is 9.32. The molecule has 134 valence electrons. The first-order valence-corrected chi connectivity index (χ1v) is 7.95. The zero-order chi connectivity index (χ0) is 21.4. The Bertz CT molecular complexity index is 1360. The summed E-state index contributed by atoms with van der Waals surface area (Å²) < 4.78 is 0. The van der Waals surface area contributed by atoms with Crippen molar-refractivity contribution < 1.29 is 0 Å². The van der Waals surface area contributed by atoms with Crippen LogP contribution in [0, 0.1) is 58.5 Å². The molecule has 0 saturated heterocycles. The zero-order valence-electron chi connectivity index (χ0n) is 14.5. The molecule has 3 heterocycles. The van der Waals surface area contributed by atoms with Crippen LogP contribution < -0.4 is 0 Å². The van der Waals surface area contributed by atoms with E-state index in [1.807, 2.05) is 0 Å². The van der Waals surface area contributed by atoms with Crippen LogP contribution in [0.25, 0.3) is 21.1 Å². The Balaban J connectivity index is 2.14. The number of amidine groups is 1. The SMILES string of the molecule is [C-]#[N+]C1=NC2c3nc([N+]#[C-])c(C#N)nc3-c3nc(C#N)c(C#N)nc3C2N=C1C#N. The third-order valence-electron chi connectivity index (χ3n) is 4.29. The molecule has 0 spiro atoms. The molecule has 0 aromatic carbocycles. The first-order chi connectivity index (χ1) is 14.6. The van der Waals surface area contributed by atoms with Gasteiger partial charge in [0.25, 0.3) is 0 Å². The lowest BCUT2D eigenvalue weighted by atomic mass is 9.89. The first kappa shape index (κ1) is 17.8. The van der Waals surface area contributed by atoms with E-state index in [0.717, 1.165) is 0 Å². The van der Waals surface area contributed by atoms with Crippen molar-refractivity contribution in [3.05, 3.63) is 51.3 Å². The number of nitrogens with zero attached hydrogens (tertiary/aromatic N) is 12. The largest absolute Gasteiger partial charge is 0.359 e. The van der Waals surface area contributed by atoms with Crippen LogP contribution in [-0.2, 0) is 0 Å². The molecule has 2 aromatic rings. The molecule has 4 rings (SSSR count). The average Bonchev–Trinajstić information content (AvgIpc) is 2.81. The van der Waals surface area contributed by atoms with Gasteiger partial charge in [0.2, 0.25) is 11.7 Å². The quantitative estimate of drug-likeness (QED) is 0.610. The minimum Gasteiger partial charge on any atom is -0.359 e. The van der Waals surface area contributed by atoms with Crippen LogP contribution in [0.2, 0.25) is 0 Å². The van der Waals surface area contributed by atoms with Crippen LogP contribution in [0.15, 0.2) is 9.98 Å². The number of hydrogen-bond donors (Lipinski definition) is 0. The summed E-state index contributed by atoms with van der Waals surface area (Å²) in [5, 5.41) is 37.2. The second-order valence-electron chi connectivity index (χ2n) is 5.78. The number of aromatic nitrogens is 4. The zero-order valence-corrected chi connectivity index (χ0v) is 14.5. The lowest BCUT2D eigenvalue weighted by Gasteiger charge is -2.26. The van der Waals surface area contributed by atoms with Gasteiger partial charge in [-0.25, -0.2) is 15.0 Å². The van der Waals surface area contributed by atoms with Crippen LogP contribution in [-0.4, -0.2) is 31.5 Å². The first-order valence-electron chi connectivity index (χ1n) is 7.95. The molecule has 2 unspecified atom stereocenters. The molecule has 30 heavy (non-hydrogen) atoms. The lowest BCUT2D eigenvalue weighted by Crippen LogP contribution is -2.28. The standard InChI is InChI=1S/C18H2N12/c1-23-17-9(5-21)27-13-11-12(26-8(4-20)7(3-19)25-11)14-16(15(13)29-17)30-18(24-2)10(6-22)28-14/h13,15H. The van der Waals surface area contributed by atoms with Gasteiger partial charge in [-0.3, -0.25) is 4.99 Å². The Hall–Kier alpha value is -5.56. The Kier molecular flexibility index (Phi) is 3.90. The highest BCUT2D eigenvalue weighted by molar-refractivity contribution is 6.51. The summed E-state index contributed by atoms with van der Waals surface area (Å²) >= 11 is 0. The van der Waals surface area contributed by atoms with Crippen LogP contribution in [0.1, 0.15) is 40.6 Å². The van der Waals surface area contributed by atoms with Gasteiger partial charge in [0.05, 0.1) is 5.69 Å². The smallest absolute Gasteiger partial charge is 0.306 e. The van der Waals surface area contributed by atoms with Gasteiger partial charge in [0.1, 0.15) is 41.7 Å². The molecule has 2 atom stereocenters. The van der Waals surface area contributed by atoms with Crippen molar-refractivity contribution in [2.75, 3.05) is 0 Å². The fourth-order valence-electron chi connectivity index (χ4n) is 3.07. The van der Waals surface area contributed by atoms with Gasteiger partial charge in [-0.2, -0.15) is 21.0 Å². The molecular weight excluding hydrogens is 384 g/mol. The molecule has 0 N–H and O–H groups in total. The van der Waals surface area contributed by atoms with Crippen molar-refractivity contribution in [1.29, 1.82) is 21.0 Å².